The zero-order valence-electron chi connectivity index (χ0n) is 15.4. The number of rotatable bonds is 8. The highest BCUT2D eigenvalue weighted by atomic mass is 19.4. The number of nitrogens with zero attached hydrogens (tertiary/aromatic N) is 3. The molecule has 2 rings (SSSR count). The summed E-state index contributed by atoms with van der Waals surface area (Å²) in [7, 11) is 0. The summed E-state index contributed by atoms with van der Waals surface area (Å²) in [5, 5.41) is 6.15. The van der Waals surface area contributed by atoms with E-state index in [1.807, 2.05) is 6.92 Å². The molecule has 0 saturated carbocycles. The molecule has 0 radical (unpaired) electrons. The Morgan fingerprint density at radius 1 is 1.33 bits per heavy atom. The molecule has 2 heterocycles. The normalized spacial score (nSPS) is 16.2. The maximum absolute atomic E-state index is 12.9. The fourth-order valence-electron chi connectivity index (χ4n) is 2.51. The largest absolute Gasteiger partial charge is 0.475 e. The Bertz CT molecular complexity index is 592. The summed E-state index contributed by atoms with van der Waals surface area (Å²) in [5.74, 6) is 0.187. The van der Waals surface area contributed by atoms with Crippen molar-refractivity contribution in [3.8, 4) is 5.88 Å². The zero-order valence-corrected chi connectivity index (χ0v) is 15.4. The first kappa shape index (κ1) is 21.2. The SMILES string of the molecule is CCNC(=NCCN1CCOCC1)NCCOc1ncccc1C(F)(F)F. The molecule has 0 aromatic carbocycles. The van der Waals surface area contributed by atoms with Crippen molar-refractivity contribution in [3.63, 3.8) is 0 Å². The number of aliphatic imine (C=N–C) groups is 1. The lowest BCUT2D eigenvalue weighted by Crippen LogP contribution is -2.41. The lowest BCUT2D eigenvalue weighted by Gasteiger charge is -2.25. The van der Waals surface area contributed by atoms with Crippen LogP contribution in [-0.4, -0.2) is 74.9 Å². The molecule has 0 unspecified atom stereocenters. The average molecular weight is 389 g/mol. The fourth-order valence-corrected chi connectivity index (χ4v) is 2.51. The number of halogens is 3. The summed E-state index contributed by atoms with van der Waals surface area (Å²) in [6, 6.07) is 2.19. The minimum absolute atomic E-state index is 0.0357. The molecule has 0 atom stereocenters. The first-order valence-electron chi connectivity index (χ1n) is 8.98. The van der Waals surface area contributed by atoms with Crippen molar-refractivity contribution in [2.45, 2.75) is 13.1 Å². The second-order valence-corrected chi connectivity index (χ2v) is 5.84. The van der Waals surface area contributed by atoms with Crippen molar-refractivity contribution in [1.29, 1.82) is 0 Å². The summed E-state index contributed by atoms with van der Waals surface area (Å²) >= 11 is 0. The van der Waals surface area contributed by atoms with E-state index >= 15 is 0 Å². The Labute approximate surface area is 157 Å². The van der Waals surface area contributed by atoms with E-state index < -0.39 is 17.6 Å². The van der Waals surface area contributed by atoms with Gasteiger partial charge in [-0.05, 0) is 19.1 Å². The molecule has 0 amide bonds. The van der Waals surface area contributed by atoms with Crippen LogP contribution in [0.15, 0.2) is 23.3 Å². The Balaban J connectivity index is 1.76. The molecule has 0 bridgehead atoms. The first-order valence-corrected chi connectivity index (χ1v) is 8.98. The van der Waals surface area contributed by atoms with Crippen LogP contribution in [-0.2, 0) is 10.9 Å². The average Bonchev–Trinajstić information content (AvgIpc) is 2.65. The van der Waals surface area contributed by atoms with Crippen LogP contribution in [0.2, 0.25) is 0 Å². The Kier molecular flexibility index (Phi) is 8.59. The topological polar surface area (TPSA) is 71.0 Å². The predicted octanol–water partition coefficient (Wildman–Crippen LogP) is 1.37. The molecule has 1 saturated heterocycles. The second-order valence-electron chi connectivity index (χ2n) is 5.84. The molecule has 0 aliphatic carbocycles. The van der Waals surface area contributed by atoms with Crippen LogP contribution in [0.3, 0.4) is 0 Å². The summed E-state index contributed by atoms with van der Waals surface area (Å²) in [5.41, 5.74) is -0.879. The number of nitrogens with one attached hydrogen (secondary N) is 2. The van der Waals surface area contributed by atoms with Gasteiger partial charge in [0.05, 0.1) is 26.3 Å². The molecule has 1 aliphatic heterocycles. The first-order chi connectivity index (χ1) is 13.0. The molecule has 2 N–H and O–H groups in total. The van der Waals surface area contributed by atoms with Gasteiger partial charge in [0.15, 0.2) is 5.96 Å². The maximum Gasteiger partial charge on any atom is 0.421 e. The number of hydrogen-bond donors (Lipinski definition) is 2. The summed E-state index contributed by atoms with van der Waals surface area (Å²) in [6.07, 6.45) is -3.22. The Morgan fingerprint density at radius 3 is 2.81 bits per heavy atom. The number of alkyl halides is 3. The van der Waals surface area contributed by atoms with Gasteiger partial charge in [0.2, 0.25) is 5.88 Å². The van der Waals surface area contributed by atoms with Gasteiger partial charge in [-0.15, -0.1) is 0 Å². The van der Waals surface area contributed by atoms with Crippen LogP contribution in [0.5, 0.6) is 5.88 Å². The molecular formula is C17H26F3N5O2. The molecular weight excluding hydrogens is 363 g/mol. The molecule has 1 fully saturated rings. The molecule has 10 heteroatoms. The van der Waals surface area contributed by atoms with Gasteiger partial charge in [-0.25, -0.2) is 4.98 Å². The van der Waals surface area contributed by atoms with Gasteiger partial charge >= 0.3 is 6.18 Å². The van der Waals surface area contributed by atoms with Gasteiger partial charge < -0.3 is 20.1 Å². The second kappa shape index (κ2) is 10.9. The third kappa shape index (κ3) is 7.59. The summed E-state index contributed by atoms with van der Waals surface area (Å²) in [4.78, 5) is 10.4. The molecule has 0 spiro atoms. The monoisotopic (exact) mass is 389 g/mol. The number of pyridine rings is 1. The lowest BCUT2D eigenvalue weighted by atomic mass is 10.2. The smallest absolute Gasteiger partial charge is 0.421 e. The van der Waals surface area contributed by atoms with Crippen LogP contribution in [0.1, 0.15) is 12.5 Å². The van der Waals surface area contributed by atoms with Crippen molar-refractivity contribution in [2.75, 3.05) is 59.1 Å². The van der Waals surface area contributed by atoms with Gasteiger partial charge in [0.25, 0.3) is 0 Å². The molecule has 7 nitrogen and oxygen atoms in total. The van der Waals surface area contributed by atoms with Crippen molar-refractivity contribution in [2.24, 2.45) is 4.99 Å². The van der Waals surface area contributed by atoms with Gasteiger partial charge in [-0.1, -0.05) is 0 Å². The van der Waals surface area contributed by atoms with Crippen LogP contribution >= 0.6 is 0 Å². The molecule has 1 aliphatic rings. The highest BCUT2D eigenvalue weighted by Gasteiger charge is 2.34. The highest BCUT2D eigenvalue weighted by Crippen LogP contribution is 2.34. The predicted molar refractivity (Wildman–Crippen MR) is 96.0 cm³/mol. The van der Waals surface area contributed by atoms with E-state index in [0.717, 1.165) is 38.9 Å². The number of hydrogen-bond acceptors (Lipinski definition) is 5. The van der Waals surface area contributed by atoms with Crippen LogP contribution < -0.4 is 15.4 Å². The van der Waals surface area contributed by atoms with Crippen LogP contribution in [0.25, 0.3) is 0 Å². The van der Waals surface area contributed by atoms with E-state index in [2.05, 4.69) is 25.5 Å². The van der Waals surface area contributed by atoms with Crippen LogP contribution in [0.4, 0.5) is 13.2 Å². The van der Waals surface area contributed by atoms with E-state index in [0.29, 0.717) is 25.6 Å². The number of aromatic nitrogens is 1. The van der Waals surface area contributed by atoms with Crippen molar-refractivity contribution >= 4 is 5.96 Å². The summed E-state index contributed by atoms with van der Waals surface area (Å²) < 4.78 is 49.2. The zero-order chi connectivity index (χ0) is 19.5. The van der Waals surface area contributed by atoms with Gasteiger partial charge in [0, 0.05) is 32.4 Å². The number of ether oxygens (including phenoxy) is 2. The van der Waals surface area contributed by atoms with Gasteiger partial charge in [-0.3, -0.25) is 9.89 Å². The van der Waals surface area contributed by atoms with Crippen molar-refractivity contribution < 1.29 is 22.6 Å². The highest BCUT2D eigenvalue weighted by molar-refractivity contribution is 5.79. The molecule has 27 heavy (non-hydrogen) atoms. The van der Waals surface area contributed by atoms with Crippen molar-refractivity contribution in [1.82, 2.24) is 20.5 Å². The van der Waals surface area contributed by atoms with Crippen molar-refractivity contribution in [3.05, 3.63) is 23.9 Å². The Hall–Kier alpha value is -2.07. The molecule has 1 aromatic rings. The lowest BCUT2D eigenvalue weighted by molar-refractivity contribution is -0.139. The fraction of sp³-hybridized carbons (Fsp3) is 0.647. The minimum atomic E-state index is -4.49. The molecule has 1 aromatic heterocycles. The van der Waals surface area contributed by atoms with Crippen LogP contribution in [0, 0.1) is 0 Å². The van der Waals surface area contributed by atoms with Gasteiger partial charge in [-0.2, -0.15) is 13.2 Å². The quantitative estimate of drug-likeness (QED) is 0.398. The van der Waals surface area contributed by atoms with E-state index in [1.54, 1.807) is 0 Å². The number of morpholine rings is 1. The maximum atomic E-state index is 12.9. The van der Waals surface area contributed by atoms with E-state index in [9.17, 15) is 13.2 Å². The standard InChI is InChI=1S/C17H26F3N5O2/c1-2-21-16(23-6-8-25-9-12-26-13-10-25)24-7-11-27-15-14(17(18,19)20)4-3-5-22-15/h3-5H,2,6-13H2,1H3,(H2,21,23,24). The third-order valence-corrected chi connectivity index (χ3v) is 3.84. The van der Waals surface area contributed by atoms with Gasteiger partial charge in [0.1, 0.15) is 12.2 Å². The van der Waals surface area contributed by atoms with E-state index in [4.69, 9.17) is 9.47 Å². The third-order valence-electron chi connectivity index (χ3n) is 3.84. The minimum Gasteiger partial charge on any atom is -0.475 e. The van der Waals surface area contributed by atoms with E-state index in [1.165, 1.54) is 12.3 Å². The van der Waals surface area contributed by atoms with E-state index in [-0.39, 0.29) is 6.61 Å². The number of guanidine groups is 1. The summed E-state index contributed by atoms with van der Waals surface area (Å²) in [6.45, 7) is 7.71. The Morgan fingerprint density at radius 2 is 2.11 bits per heavy atom. The molecule has 152 valence electrons.